The van der Waals surface area contributed by atoms with Crippen molar-refractivity contribution < 1.29 is 69.0 Å². The van der Waals surface area contributed by atoms with Crippen LogP contribution in [-0.4, -0.2) is 140 Å². The van der Waals surface area contributed by atoms with Gasteiger partial charge in [0, 0.05) is 12.8 Å². The molecule has 56 heavy (non-hydrogen) atoms. The molecule has 3 aliphatic heterocycles. The number of carbonyl (C=O) groups is 1. The van der Waals surface area contributed by atoms with Gasteiger partial charge in [0.25, 0.3) is 0 Å². The molecule has 5 saturated carbocycles. The maximum absolute atomic E-state index is 12.2. The molecule has 3 heterocycles. The molecule has 2 spiro atoms. The van der Waals surface area contributed by atoms with Crippen LogP contribution in [0.5, 0.6) is 0 Å². The van der Waals surface area contributed by atoms with Crippen molar-refractivity contribution in [3.63, 3.8) is 0 Å². The zero-order chi connectivity index (χ0) is 40.8. The van der Waals surface area contributed by atoms with Crippen LogP contribution in [0.4, 0.5) is 0 Å². The molecule has 7 N–H and O–H groups in total. The lowest BCUT2D eigenvalue weighted by atomic mass is 9.41. The quantitative estimate of drug-likeness (QED) is 0.145. The Morgan fingerprint density at radius 2 is 1.39 bits per heavy atom. The summed E-state index contributed by atoms with van der Waals surface area (Å²) in [5.41, 5.74) is -3.02. The van der Waals surface area contributed by atoms with Crippen molar-refractivity contribution in [1.29, 1.82) is 0 Å². The number of rotatable bonds is 7. The zero-order valence-corrected chi connectivity index (χ0v) is 34.4. The Bertz CT molecular complexity index is 1520. The third-order valence-corrected chi connectivity index (χ3v) is 17.5. The van der Waals surface area contributed by atoms with Gasteiger partial charge in [0.1, 0.15) is 30.5 Å². The Labute approximate surface area is 330 Å². The second-order valence-corrected chi connectivity index (χ2v) is 21.2. The van der Waals surface area contributed by atoms with Crippen LogP contribution >= 0.6 is 0 Å². The lowest BCUT2D eigenvalue weighted by Gasteiger charge is -2.65. The third-order valence-electron chi connectivity index (χ3n) is 17.5. The lowest BCUT2D eigenvalue weighted by molar-refractivity contribution is -0.326. The molecule has 0 radical (unpaired) electrons. The standard InChI is InChI=1S/C42H68O14/c1-20(43)53-31-29(48)23(46)18-52-35(31)55-26-10-12-42-19-41(42)14-13-38(6)32(40(8)11-9-27(56-40)37(4,5)50)21(44)16-39(38,7)25(41)15-24(33(42)36(26,2)3)54-34-30(49)28(47)22(45)17-51-34/h21-35,44-50H,9-19H2,1-8H3/t21-,22+,23+,24-,25+,26-,27-,28-,29-,30+,31+,32-,33+,34-,35-,38+,39-,40+,41-,42+/m0/s1. The fourth-order valence-electron chi connectivity index (χ4n) is 14.9. The molecule has 14 heteroatoms. The van der Waals surface area contributed by atoms with Gasteiger partial charge < -0.3 is 64.2 Å². The fraction of sp³-hybridized carbons (Fsp3) is 0.976. The average molecular weight is 797 g/mol. The van der Waals surface area contributed by atoms with Gasteiger partial charge in [-0.15, -0.1) is 0 Å². The molecule has 20 atom stereocenters. The van der Waals surface area contributed by atoms with Crippen LogP contribution in [-0.2, 0) is 33.2 Å². The molecule has 8 rings (SSSR count). The molecule has 0 aromatic heterocycles. The molecule has 14 nitrogen and oxygen atoms in total. The summed E-state index contributed by atoms with van der Waals surface area (Å²) in [4.78, 5) is 12.1. The monoisotopic (exact) mass is 796 g/mol. The van der Waals surface area contributed by atoms with Gasteiger partial charge in [0.2, 0.25) is 0 Å². The molecule has 5 aliphatic carbocycles. The van der Waals surface area contributed by atoms with Crippen molar-refractivity contribution in [1.82, 2.24) is 0 Å². The van der Waals surface area contributed by atoms with Crippen molar-refractivity contribution in [2.75, 3.05) is 13.2 Å². The molecule has 320 valence electrons. The van der Waals surface area contributed by atoms with Gasteiger partial charge in [-0.1, -0.05) is 27.7 Å². The van der Waals surface area contributed by atoms with Gasteiger partial charge in [-0.2, -0.15) is 0 Å². The van der Waals surface area contributed by atoms with Crippen LogP contribution in [0.1, 0.15) is 113 Å². The number of aliphatic hydroxyl groups excluding tert-OH is 6. The minimum absolute atomic E-state index is 0.0423. The normalized spacial score (nSPS) is 56.4. The molecule has 0 amide bonds. The van der Waals surface area contributed by atoms with Crippen molar-refractivity contribution in [3.05, 3.63) is 0 Å². The van der Waals surface area contributed by atoms with E-state index in [0.29, 0.717) is 19.3 Å². The molecular formula is C42H68O14. The van der Waals surface area contributed by atoms with Crippen molar-refractivity contribution in [2.45, 2.75) is 198 Å². The Kier molecular flexibility index (Phi) is 10.1. The molecule has 0 unspecified atom stereocenters. The maximum atomic E-state index is 12.2. The molecule has 0 bridgehead atoms. The van der Waals surface area contributed by atoms with E-state index in [4.69, 9.17) is 28.4 Å². The van der Waals surface area contributed by atoms with E-state index in [1.165, 1.54) is 6.92 Å². The summed E-state index contributed by atoms with van der Waals surface area (Å²) in [6, 6.07) is 0. The van der Waals surface area contributed by atoms with Crippen LogP contribution in [0, 0.1) is 44.8 Å². The molecular weight excluding hydrogens is 728 g/mol. The van der Waals surface area contributed by atoms with E-state index in [-0.39, 0.29) is 58.7 Å². The number of hydrogen-bond acceptors (Lipinski definition) is 14. The summed E-state index contributed by atoms with van der Waals surface area (Å²) in [6.45, 7) is 15.6. The minimum atomic E-state index is -1.47. The second kappa shape index (κ2) is 13.5. The van der Waals surface area contributed by atoms with E-state index in [0.717, 1.165) is 38.5 Å². The Morgan fingerprint density at radius 1 is 0.732 bits per heavy atom. The smallest absolute Gasteiger partial charge is 0.303 e. The van der Waals surface area contributed by atoms with Crippen LogP contribution in [0.2, 0.25) is 0 Å². The summed E-state index contributed by atoms with van der Waals surface area (Å²) < 4.78 is 37.6. The minimum Gasteiger partial charge on any atom is -0.454 e. The highest BCUT2D eigenvalue weighted by atomic mass is 16.7. The number of carbonyl (C=O) groups excluding carboxylic acids is 1. The van der Waals surface area contributed by atoms with Gasteiger partial charge in [0.05, 0.1) is 48.8 Å². The predicted octanol–water partition coefficient (Wildman–Crippen LogP) is 1.93. The Balaban J connectivity index is 1.14. The van der Waals surface area contributed by atoms with Crippen LogP contribution in [0.3, 0.4) is 0 Å². The number of aliphatic hydroxyl groups is 7. The van der Waals surface area contributed by atoms with Gasteiger partial charge >= 0.3 is 5.97 Å². The topological polar surface area (TPSA) is 214 Å². The fourth-order valence-corrected chi connectivity index (χ4v) is 14.9. The summed E-state index contributed by atoms with van der Waals surface area (Å²) in [6.07, 6.45) is -5.11. The van der Waals surface area contributed by atoms with E-state index in [2.05, 4.69) is 34.6 Å². The summed E-state index contributed by atoms with van der Waals surface area (Å²) in [5.74, 6) is -0.753. The third kappa shape index (κ3) is 5.89. The first-order valence-electron chi connectivity index (χ1n) is 21.2. The van der Waals surface area contributed by atoms with Gasteiger partial charge in [0.15, 0.2) is 18.7 Å². The first-order chi connectivity index (χ1) is 26.0. The highest BCUT2D eigenvalue weighted by Crippen LogP contribution is 2.89. The predicted molar refractivity (Wildman–Crippen MR) is 197 cm³/mol. The van der Waals surface area contributed by atoms with Gasteiger partial charge in [-0.05, 0) is 117 Å². The maximum Gasteiger partial charge on any atom is 0.303 e. The average Bonchev–Trinajstić information content (AvgIpc) is 3.46. The molecule has 0 aromatic rings. The Hall–Kier alpha value is -1.01. The molecule has 0 aromatic carbocycles. The van der Waals surface area contributed by atoms with Crippen molar-refractivity contribution >= 4 is 5.97 Å². The second-order valence-electron chi connectivity index (χ2n) is 21.2. The number of esters is 1. The van der Waals surface area contributed by atoms with E-state index < -0.39 is 90.1 Å². The van der Waals surface area contributed by atoms with Gasteiger partial charge in [-0.3, -0.25) is 4.79 Å². The van der Waals surface area contributed by atoms with Crippen LogP contribution in [0.15, 0.2) is 0 Å². The van der Waals surface area contributed by atoms with Crippen LogP contribution in [0.25, 0.3) is 0 Å². The van der Waals surface area contributed by atoms with Crippen molar-refractivity contribution in [3.8, 4) is 0 Å². The number of fused-ring (bicyclic) bond motifs is 2. The number of ether oxygens (including phenoxy) is 6. The molecule has 8 fully saturated rings. The van der Waals surface area contributed by atoms with Crippen molar-refractivity contribution in [2.24, 2.45) is 44.8 Å². The first-order valence-corrected chi connectivity index (χ1v) is 21.2. The summed E-state index contributed by atoms with van der Waals surface area (Å²) in [5, 5.41) is 76.5. The lowest BCUT2D eigenvalue weighted by Crippen LogP contribution is -2.65. The Morgan fingerprint density at radius 3 is 2.04 bits per heavy atom. The zero-order valence-electron chi connectivity index (χ0n) is 34.4. The molecule has 8 aliphatic rings. The summed E-state index contributed by atoms with van der Waals surface area (Å²) >= 11 is 0. The van der Waals surface area contributed by atoms with E-state index >= 15 is 0 Å². The summed E-state index contributed by atoms with van der Waals surface area (Å²) in [7, 11) is 0. The largest absolute Gasteiger partial charge is 0.454 e. The highest BCUT2D eigenvalue weighted by molar-refractivity contribution is 5.66. The van der Waals surface area contributed by atoms with E-state index in [1.54, 1.807) is 13.8 Å². The van der Waals surface area contributed by atoms with Crippen LogP contribution < -0.4 is 0 Å². The van der Waals surface area contributed by atoms with E-state index in [9.17, 15) is 40.5 Å². The number of hydrogen-bond donors (Lipinski definition) is 7. The molecule has 3 saturated heterocycles. The van der Waals surface area contributed by atoms with Gasteiger partial charge in [-0.25, -0.2) is 0 Å². The SMILES string of the molecule is CC(=O)O[C@H]1[C@H](O[C@H]2CC[C@]34C[C@]35CC[C@]3(C)[C@@H]([C@@]6(C)CC[C@@H](C(C)(C)O)O6)[C@@H](O)C[C@@]3(C)[C@H]5C[C@H](O[C@@H]3OC[C@@H](O)[C@H](O)[C@H]3O)[C@@H]4C2(C)C)OC[C@@H](O)[C@@H]1O. The van der Waals surface area contributed by atoms with E-state index in [1.807, 2.05) is 0 Å². The first kappa shape index (κ1) is 41.7. The highest BCUT2D eigenvalue weighted by Gasteiger charge is 2.85.